The van der Waals surface area contributed by atoms with E-state index in [9.17, 15) is 0 Å². The lowest BCUT2D eigenvalue weighted by atomic mass is 9.94. The van der Waals surface area contributed by atoms with Gasteiger partial charge in [0, 0.05) is 54.8 Å². The molecule has 11 rings (SSSR count). The molecule has 320 valence electrons. The molecule has 3 N–H and O–H groups in total. The summed E-state index contributed by atoms with van der Waals surface area (Å²) in [6.45, 7) is 5.65. The van der Waals surface area contributed by atoms with Crippen LogP contribution in [0.25, 0.3) is 0 Å². The van der Waals surface area contributed by atoms with Gasteiger partial charge in [-0.25, -0.2) is 0 Å². The Morgan fingerprint density at radius 1 is 0.484 bits per heavy atom. The van der Waals surface area contributed by atoms with Gasteiger partial charge in [-0.3, -0.25) is 15.0 Å². The summed E-state index contributed by atoms with van der Waals surface area (Å²) in [7, 11) is 0. The van der Waals surface area contributed by atoms with Crippen LogP contribution in [0.2, 0.25) is 0 Å². The van der Waals surface area contributed by atoms with Crippen LogP contribution < -0.4 is 30.2 Å². The van der Waals surface area contributed by atoms with Crippen molar-refractivity contribution in [3.63, 3.8) is 0 Å². The zero-order valence-corrected chi connectivity index (χ0v) is 36.1. The number of fused-ring (bicyclic) bond motifs is 6. The summed E-state index contributed by atoms with van der Waals surface area (Å²) in [4.78, 5) is 12.9. The van der Waals surface area contributed by atoms with Crippen molar-refractivity contribution in [3.05, 3.63) is 173 Å². The van der Waals surface area contributed by atoms with E-state index >= 15 is 0 Å². The molecule has 6 bridgehead atoms. The van der Waals surface area contributed by atoms with Gasteiger partial charge in [0.1, 0.15) is 29.6 Å². The number of nitrogens with one attached hydrogen (secondary N) is 3. The van der Waals surface area contributed by atoms with Crippen LogP contribution in [0, 0.1) is 5.92 Å². The van der Waals surface area contributed by atoms with E-state index in [1.807, 2.05) is 67.1 Å². The molecule has 0 radical (unpaired) electrons. The molecular weight excluding hydrogens is 769 g/mol. The fourth-order valence-electron chi connectivity index (χ4n) is 9.49. The molecule has 9 heterocycles. The number of pyridine rings is 3. The van der Waals surface area contributed by atoms with Gasteiger partial charge in [0.2, 0.25) is 0 Å². The van der Waals surface area contributed by atoms with Crippen LogP contribution in [0.4, 0.5) is 0 Å². The van der Waals surface area contributed by atoms with Crippen molar-refractivity contribution in [1.82, 2.24) is 30.9 Å². The Hall–Kier alpha value is -5.61. The van der Waals surface area contributed by atoms with Gasteiger partial charge in [-0.2, -0.15) is 0 Å². The van der Waals surface area contributed by atoms with Crippen molar-refractivity contribution in [2.75, 3.05) is 6.61 Å². The highest BCUT2D eigenvalue weighted by molar-refractivity contribution is 5.37. The largest absolute Gasteiger partial charge is 0.492 e. The number of rotatable bonds is 14. The standard InChI is InChI=1S/C19H20N2O.C18H18N2O.C16H22N2O/c1-2-4-14(5-3-1)13-22-18-9-15(11-20-12-18)8-16-10-17-6-7-19(16)21-17;1-2-4-16(5-3-1)21-17-9-13(11-19-12-17)8-14-10-15-6-7-18(14)20-15;1-11(2)10-19-15-6-12(8-17-9-15)5-13-7-14-3-4-16(13)18-14/h1-5,9-12,17,19,21H,6-8,13H2;1-5,9-12,15,18,20H,6-8H2;6-9,11,14,16,18H,3-5,10H2,1-2H3. The molecule has 0 saturated carbocycles. The quantitative estimate of drug-likeness (QED) is 0.0946. The number of para-hydroxylation sites is 1. The molecule has 2 aromatic carbocycles. The number of hydrogen-bond donors (Lipinski definition) is 3. The Morgan fingerprint density at radius 3 is 1.35 bits per heavy atom. The summed E-state index contributed by atoms with van der Waals surface area (Å²) < 4.78 is 17.4. The molecule has 5 aromatic rings. The maximum Gasteiger partial charge on any atom is 0.145 e. The number of benzene rings is 2. The van der Waals surface area contributed by atoms with Gasteiger partial charge in [-0.1, -0.05) is 97.3 Å². The van der Waals surface area contributed by atoms with E-state index in [-0.39, 0.29) is 0 Å². The molecule has 6 unspecified atom stereocenters. The van der Waals surface area contributed by atoms with Gasteiger partial charge in [0.15, 0.2) is 0 Å². The molecule has 6 aliphatic rings. The summed E-state index contributed by atoms with van der Waals surface area (Å²) >= 11 is 0. The highest BCUT2D eigenvalue weighted by Gasteiger charge is 2.33. The van der Waals surface area contributed by atoms with Gasteiger partial charge in [-0.05, 0) is 116 Å². The minimum absolute atomic E-state index is 0.543. The van der Waals surface area contributed by atoms with Crippen molar-refractivity contribution >= 4 is 0 Å². The minimum atomic E-state index is 0.543. The van der Waals surface area contributed by atoms with Crippen molar-refractivity contribution < 1.29 is 14.2 Å². The average Bonchev–Trinajstić information content (AvgIpc) is 4.18. The van der Waals surface area contributed by atoms with Gasteiger partial charge < -0.3 is 30.2 Å². The summed E-state index contributed by atoms with van der Waals surface area (Å²) in [6, 6.07) is 30.0. The predicted octanol–water partition coefficient (Wildman–Crippen LogP) is 9.46. The van der Waals surface area contributed by atoms with Gasteiger partial charge in [-0.15, -0.1) is 0 Å². The van der Waals surface area contributed by atoms with E-state index in [1.165, 1.54) is 77.5 Å². The fourth-order valence-corrected chi connectivity index (χ4v) is 9.49. The van der Waals surface area contributed by atoms with E-state index < -0.39 is 0 Å². The molecule has 6 aliphatic heterocycles. The van der Waals surface area contributed by atoms with E-state index in [1.54, 1.807) is 18.6 Å². The third-order valence-corrected chi connectivity index (χ3v) is 12.5. The lowest BCUT2D eigenvalue weighted by Crippen LogP contribution is -2.22. The van der Waals surface area contributed by atoms with Crippen LogP contribution >= 0.6 is 0 Å². The molecule has 3 saturated heterocycles. The summed E-state index contributed by atoms with van der Waals surface area (Å²) in [5.41, 5.74) is 9.41. The number of ether oxygens (including phenoxy) is 3. The minimum Gasteiger partial charge on any atom is -0.492 e. The molecule has 6 atom stereocenters. The van der Waals surface area contributed by atoms with Crippen LogP contribution in [-0.2, 0) is 25.9 Å². The monoisotopic (exact) mass is 828 g/mol. The zero-order chi connectivity index (χ0) is 42.1. The topological polar surface area (TPSA) is 102 Å². The maximum absolute atomic E-state index is 5.86. The molecule has 62 heavy (non-hydrogen) atoms. The summed E-state index contributed by atoms with van der Waals surface area (Å²) in [5.74, 6) is 3.93. The van der Waals surface area contributed by atoms with Crippen molar-refractivity contribution in [3.8, 4) is 23.0 Å². The lowest BCUT2D eigenvalue weighted by Gasteiger charge is -2.13. The maximum atomic E-state index is 5.86. The first-order chi connectivity index (χ1) is 30.4. The third kappa shape index (κ3) is 11.3. The van der Waals surface area contributed by atoms with Crippen LogP contribution in [0.5, 0.6) is 23.0 Å². The van der Waals surface area contributed by atoms with E-state index in [0.29, 0.717) is 48.8 Å². The molecular formula is C53H60N6O3. The molecule has 0 aliphatic carbocycles. The Kier molecular flexibility index (Phi) is 13.5. The number of hydrogen-bond acceptors (Lipinski definition) is 9. The van der Waals surface area contributed by atoms with Crippen LogP contribution in [0.1, 0.15) is 74.6 Å². The Morgan fingerprint density at radius 2 is 0.919 bits per heavy atom. The van der Waals surface area contributed by atoms with E-state index in [4.69, 9.17) is 14.2 Å². The molecule has 9 heteroatoms. The zero-order valence-electron chi connectivity index (χ0n) is 36.1. The first-order valence-electron chi connectivity index (χ1n) is 22.7. The van der Waals surface area contributed by atoms with E-state index in [0.717, 1.165) is 48.9 Å². The van der Waals surface area contributed by atoms with E-state index in [2.05, 4.69) is 93.3 Å². The first kappa shape index (κ1) is 41.7. The Labute approximate surface area is 367 Å². The fraction of sp³-hybridized carbons (Fsp3) is 0.377. The van der Waals surface area contributed by atoms with Gasteiger partial charge in [0.25, 0.3) is 0 Å². The molecule has 0 spiro atoms. The molecule has 0 amide bonds. The Bertz CT molecular complexity index is 2350. The van der Waals surface area contributed by atoms with Crippen molar-refractivity contribution in [2.45, 2.75) is 114 Å². The SMILES string of the molecule is C1=C(Cc2cncc(OCc3ccccc3)c2)C2CCC1N2.C1=C(Cc2cncc(Oc3ccccc3)c2)C2CCC1N2.CC(C)COc1cncc(CC2=CC3CCC2N3)c1. The van der Waals surface area contributed by atoms with Crippen LogP contribution in [0.3, 0.4) is 0 Å². The Balaban J connectivity index is 0.000000119. The smallest absolute Gasteiger partial charge is 0.145 e. The second-order valence-corrected chi connectivity index (χ2v) is 17.9. The molecule has 3 fully saturated rings. The highest BCUT2D eigenvalue weighted by atomic mass is 16.5. The highest BCUT2D eigenvalue weighted by Crippen LogP contribution is 2.33. The number of aromatic nitrogens is 3. The molecule has 3 aromatic heterocycles. The van der Waals surface area contributed by atoms with Gasteiger partial charge >= 0.3 is 0 Å². The van der Waals surface area contributed by atoms with Crippen LogP contribution in [0.15, 0.2) is 151 Å². The van der Waals surface area contributed by atoms with Crippen LogP contribution in [-0.4, -0.2) is 57.8 Å². The number of nitrogens with zero attached hydrogens (tertiary/aromatic N) is 3. The molecule has 9 nitrogen and oxygen atoms in total. The van der Waals surface area contributed by atoms with Crippen molar-refractivity contribution in [2.24, 2.45) is 5.92 Å². The van der Waals surface area contributed by atoms with Gasteiger partial charge in [0.05, 0.1) is 25.2 Å². The van der Waals surface area contributed by atoms with Crippen molar-refractivity contribution in [1.29, 1.82) is 0 Å². The summed E-state index contributed by atoms with van der Waals surface area (Å²) in [6.07, 6.45) is 29.0. The first-order valence-corrected chi connectivity index (χ1v) is 22.7. The lowest BCUT2D eigenvalue weighted by molar-refractivity contribution is 0.270. The third-order valence-electron chi connectivity index (χ3n) is 12.5. The predicted molar refractivity (Wildman–Crippen MR) is 246 cm³/mol. The average molecular weight is 829 g/mol. The second kappa shape index (κ2) is 20.1. The second-order valence-electron chi connectivity index (χ2n) is 17.9. The summed E-state index contributed by atoms with van der Waals surface area (Å²) in [5, 5.41) is 10.8. The normalized spacial score (nSPS) is 23.5.